The molecule has 0 bridgehead atoms. The number of hydrogen-bond acceptors (Lipinski definition) is 1. The van der Waals surface area contributed by atoms with Gasteiger partial charge in [0.15, 0.2) is 0 Å². The van der Waals surface area contributed by atoms with Crippen molar-refractivity contribution in [3.63, 3.8) is 0 Å². The van der Waals surface area contributed by atoms with E-state index in [9.17, 15) is 0 Å². The highest BCUT2D eigenvalue weighted by atomic mass is 16.5. The zero-order chi connectivity index (χ0) is 27.1. The van der Waals surface area contributed by atoms with Crippen LogP contribution in [0.25, 0.3) is 54.9 Å². The van der Waals surface area contributed by atoms with E-state index in [2.05, 4.69) is 146 Å². The van der Waals surface area contributed by atoms with Crippen LogP contribution in [0.4, 0.5) is 0 Å². The van der Waals surface area contributed by atoms with Crippen LogP contribution >= 0.6 is 0 Å². The third-order valence-corrected chi connectivity index (χ3v) is 9.32. The Balaban J connectivity index is 1.34. The Morgan fingerprint density at radius 2 is 1.15 bits per heavy atom. The number of ether oxygens (including phenoxy) is 1. The number of hydrogen-bond donors (Lipinski definition) is 0. The SMILES string of the molecule is CC1(c2ccccc2)c2cc(-c3ccc4cccc5c4c3-c3ccccc3O5)ccc2-c2cc3ccccc3cc21. The van der Waals surface area contributed by atoms with Crippen molar-refractivity contribution in [2.45, 2.75) is 12.3 Å². The van der Waals surface area contributed by atoms with E-state index in [0.717, 1.165) is 17.1 Å². The van der Waals surface area contributed by atoms with Gasteiger partial charge in [-0.05, 0) is 92.4 Å². The van der Waals surface area contributed by atoms with Gasteiger partial charge in [-0.3, -0.25) is 0 Å². The second-order valence-corrected chi connectivity index (χ2v) is 11.4. The van der Waals surface area contributed by atoms with Crippen LogP contribution in [0.3, 0.4) is 0 Å². The zero-order valence-electron chi connectivity index (χ0n) is 22.7. The Morgan fingerprint density at radius 3 is 2.02 bits per heavy atom. The summed E-state index contributed by atoms with van der Waals surface area (Å²) in [5.74, 6) is 1.83. The number of benzene rings is 7. The van der Waals surface area contributed by atoms with Crippen LogP contribution in [0.5, 0.6) is 11.5 Å². The fraction of sp³-hybridized carbons (Fsp3) is 0.0500. The Bertz CT molecular complexity index is 2190. The summed E-state index contributed by atoms with van der Waals surface area (Å²) in [7, 11) is 0. The van der Waals surface area contributed by atoms with Crippen molar-refractivity contribution in [3.8, 4) is 44.9 Å². The van der Waals surface area contributed by atoms with Gasteiger partial charge in [0.2, 0.25) is 0 Å². The van der Waals surface area contributed by atoms with Crippen molar-refractivity contribution in [1.82, 2.24) is 0 Å². The van der Waals surface area contributed by atoms with Gasteiger partial charge in [0.25, 0.3) is 0 Å². The lowest BCUT2D eigenvalue weighted by Gasteiger charge is -2.29. The summed E-state index contributed by atoms with van der Waals surface area (Å²) in [5.41, 5.74) is 11.3. The van der Waals surface area contributed by atoms with Gasteiger partial charge in [-0.15, -0.1) is 0 Å². The van der Waals surface area contributed by atoms with E-state index in [-0.39, 0.29) is 5.41 Å². The molecule has 1 atom stereocenters. The lowest BCUT2D eigenvalue weighted by Crippen LogP contribution is -2.22. The number of rotatable bonds is 2. The Kier molecular flexibility index (Phi) is 4.52. The van der Waals surface area contributed by atoms with Crippen molar-refractivity contribution in [3.05, 3.63) is 156 Å². The van der Waals surface area contributed by atoms with Crippen LogP contribution in [-0.4, -0.2) is 0 Å². The molecule has 0 saturated carbocycles. The second kappa shape index (κ2) is 8.19. The largest absolute Gasteiger partial charge is 0.456 e. The molecule has 1 nitrogen and oxygen atoms in total. The molecule has 1 unspecified atom stereocenters. The van der Waals surface area contributed by atoms with Crippen LogP contribution in [0, 0.1) is 0 Å². The van der Waals surface area contributed by atoms with E-state index in [1.165, 1.54) is 66.1 Å². The molecule has 41 heavy (non-hydrogen) atoms. The highest BCUT2D eigenvalue weighted by Crippen LogP contribution is 2.55. The van der Waals surface area contributed by atoms with Crippen LogP contribution in [0.1, 0.15) is 23.6 Å². The molecule has 1 aliphatic heterocycles. The van der Waals surface area contributed by atoms with E-state index in [1.54, 1.807) is 0 Å². The molecule has 0 saturated heterocycles. The minimum atomic E-state index is -0.272. The van der Waals surface area contributed by atoms with Gasteiger partial charge in [0, 0.05) is 21.9 Å². The quantitative estimate of drug-likeness (QED) is 0.219. The van der Waals surface area contributed by atoms with E-state index in [4.69, 9.17) is 4.74 Å². The monoisotopic (exact) mass is 522 g/mol. The summed E-state index contributed by atoms with van der Waals surface area (Å²) in [6.45, 7) is 2.40. The number of fused-ring (bicyclic) bond motifs is 6. The van der Waals surface area contributed by atoms with Gasteiger partial charge in [-0.1, -0.05) is 109 Å². The molecule has 0 spiro atoms. The molecule has 1 heteroatoms. The second-order valence-electron chi connectivity index (χ2n) is 11.4. The molecule has 0 N–H and O–H groups in total. The van der Waals surface area contributed by atoms with E-state index in [1.807, 2.05) is 0 Å². The normalized spacial score (nSPS) is 16.2. The summed E-state index contributed by atoms with van der Waals surface area (Å²) < 4.78 is 6.39. The van der Waals surface area contributed by atoms with Crippen LogP contribution in [-0.2, 0) is 5.41 Å². The maximum atomic E-state index is 6.39. The van der Waals surface area contributed by atoms with Gasteiger partial charge in [-0.25, -0.2) is 0 Å². The molecule has 2 aliphatic rings. The average molecular weight is 523 g/mol. The Hall–Kier alpha value is -5.14. The maximum Gasteiger partial charge on any atom is 0.135 e. The summed E-state index contributed by atoms with van der Waals surface area (Å²) in [5, 5.41) is 4.95. The van der Waals surface area contributed by atoms with Gasteiger partial charge in [0.1, 0.15) is 11.5 Å². The summed E-state index contributed by atoms with van der Waals surface area (Å²) in [4.78, 5) is 0. The highest BCUT2D eigenvalue weighted by molar-refractivity contribution is 6.10. The standard InChI is InChI=1S/C40H26O/c1-40(29-13-3-2-4-14-29)34-24-28(19-21-31(34)33-22-26-10-5-6-11-27(26)23-35(33)40)30-20-18-25-12-9-17-37-38(25)39(30)32-15-7-8-16-36(32)41-37/h2-24H,1H3. The molecule has 9 rings (SSSR count). The highest BCUT2D eigenvalue weighted by Gasteiger charge is 2.41. The third kappa shape index (κ3) is 3.06. The lowest BCUT2D eigenvalue weighted by atomic mass is 9.73. The van der Waals surface area contributed by atoms with Gasteiger partial charge in [-0.2, -0.15) is 0 Å². The molecule has 1 aliphatic carbocycles. The van der Waals surface area contributed by atoms with Crippen LogP contribution in [0.15, 0.2) is 140 Å². The Morgan fingerprint density at radius 1 is 0.463 bits per heavy atom. The first-order valence-electron chi connectivity index (χ1n) is 14.3. The molecule has 0 aromatic heterocycles. The fourth-order valence-electron chi connectivity index (χ4n) is 7.30. The summed E-state index contributed by atoms with van der Waals surface area (Å²) in [6, 6.07) is 50.9. The van der Waals surface area contributed by atoms with E-state index >= 15 is 0 Å². The molecule has 0 fully saturated rings. The first kappa shape index (κ1) is 22.7. The van der Waals surface area contributed by atoms with Crippen molar-refractivity contribution in [2.75, 3.05) is 0 Å². The molecule has 7 aromatic carbocycles. The maximum absolute atomic E-state index is 6.39. The molecule has 0 radical (unpaired) electrons. The summed E-state index contributed by atoms with van der Waals surface area (Å²) >= 11 is 0. The lowest BCUT2D eigenvalue weighted by molar-refractivity contribution is 0.487. The smallest absolute Gasteiger partial charge is 0.135 e. The van der Waals surface area contributed by atoms with Crippen molar-refractivity contribution in [1.29, 1.82) is 0 Å². The number of para-hydroxylation sites is 1. The molecule has 1 heterocycles. The van der Waals surface area contributed by atoms with Crippen LogP contribution in [0.2, 0.25) is 0 Å². The first-order valence-corrected chi connectivity index (χ1v) is 14.3. The van der Waals surface area contributed by atoms with Gasteiger partial charge in [0.05, 0.1) is 0 Å². The minimum absolute atomic E-state index is 0.272. The zero-order valence-corrected chi connectivity index (χ0v) is 22.7. The molecular weight excluding hydrogens is 496 g/mol. The minimum Gasteiger partial charge on any atom is -0.456 e. The average Bonchev–Trinajstić information content (AvgIpc) is 3.28. The van der Waals surface area contributed by atoms with Crippen molar-refractivity contribution < 1.29 is 4.74 Å². The predicted molar refractivity (Wildman–Crippen MR) is 170 cm³/mol. The van der Waals surface area contributed by atoms with E-state index < -0.39 is 0 Å². The molecule has 192 valence electrons. The van der Waals surface area contributed by atoms with Gasteiger partial charge < -0.3 is 4.74 Å². The fourth-order valence-corrected chi connectivity index (χ4v) is 7.30. The third-order valence-electron chi connectivity index (χ3n) is 9.32. The topological polar surface area (TPSA) is 9.23 Å². The first-order chi connectivity index (χ1) is 20.2. The van der Waals surface area contributed by atoms with Crippen LogP contribution < -0.4 is 4.74 Å². The predicted octanol–water partition coefficient (Wildman–Crippen LogP) is 10.8. The van der Waals surface area contributed by atoms with Crippen molar-refractivity contribution in [2.24, 2.45) is 0 Å². The molecule has 0 amide bonds. The van der Waals surface area contributed by atoms with Gasteiger partial charge >= 0.3 is 0 Å². The molecular formula is C40H26O. The molecule has 7 aromatic rings. The van der Waals surface area contributed by atoms with E-state index in [0.29, 0.717) is 0 Å². The van der Waals surface area contributed by atoms with Crippen molar-refractivity contribution >= 4 is 21.5 Å². The Labute approximate surface area is 239 Å². The summed E-state index contributed by atoms with van der Waals surface area (Å²) in [6.07, 6.45) is 0.